The summed E-state index contributed by atoms with van der Waals surface area (Å²) in [6.07, 6.45) is 5.01. The Labute approximate surface area is 109 Å². The minimum absolute atomic E-state index is 0.186. The van der Waals surface area contributed by atoms with Crippen LogP contribution in [-0.2, 0) is 18.4 Å². The maximum Gasteiger partial charge on any atom is 0.0985 e. The van der Waals surface area contributed by atoms with E-state index in [9.17, 15) is 0 Å². The molecule has 0 bridgehead atoms. The molecule has 2 rings (SSSR count). The Morgan fingerprint density at radius 3 is 2.59 bits per heavy atom. The van der Waals surface area contributed by atoms with Gasteiger partial charge in [0.15, 0.2) is 0 Å². The van der Waals surface area contributed by atoms with Gasteiger partial charge < -0.3 is 5.32 Å². The summed E-state index contributed by atoms with van der Waals surface area (Å²) < 4.78 is 0. The maximum absolute atomic E-state index is 4.85. The topological polar surface area (TPSA) is 24.9 Å². The SMILES string of the molecule is CCCc1nc(C(C)(C)C)sc1CNC1CC1. The Kier molecular flexibility index (Phi) is 3.88. The van der Waals surface area contributed by atoms with Crippen LogP contribution in [0.1, 0.15) is 62.5 Å². The Hall–Kier alpha value is -0.410. The second-order valence-electron chi connectivity index (χ2n) is 6.04. The largest absolute Gasteiger partial charge is 0.309 e. The van der Waals surface area contributed by atoms with Crippen molar-refractivity contribution in [3.63, 3.8) is 0 Å². The highest BCUT2D eigenvalue weighted by molar-refractivity contribution is 7.11. The lowest BCUT2D eigenvalue weighted by molar-refractivity contribution is 0.582. The molecule has 2 nitrogen and oxygen atoms in total. The van der Waals surface area contributed by atoms with Crippen molar-refractivity contribution in [2.24, 2.45) is 0 Å². The number of thiazole rings is 1. The molecular formula is C14H24N2S. The molecule has 1 N–H and O–H groups in total. The van der Waals surface area contributed by atoms with Gasteiger partial charge in [0.2, 0.25) is 0 Å². The summed E-state index contributed by atoms with van der Waals surface area (Å²) in [4.78, 5) is 6.31. The van der Waals surface area contributed by atoms with E-state index in [0.717, 1.165) is 19.0 Å². The van der Waals surface area contributed by atoms with Gasteiger partial charge in [0.1, 0.15) is 0 Å². The van der Waals surface area contributed by atoms with Gasteiger partial charge in [-0.25, -0.2) is 4.98 Å². The number of hydrogen-bond acceptors (Lipinski definition) is 3. The van der Waals surface area contributed by atoms with E-state index in [2.05, 4.69) is 33.0 Å². The van der Waals surface area contributed by atoms with Crippen molar-refractivity contribution >= 4 is 11.3 Å². The first-order chi connectivity index (χ1) is 8.00. The summed E-state index contributed by atoms with van der Waals surface area (Å²) in [5.74, 6) is 0. The van der Waals surface area contributed by atoms with Crippen LogP contribution < -0.4 is 5.32 Å². The molecule has 1 heterocycles. The molecule has 1 aromatic rings. The van der Waals surface area contributed by atoms with E-state index < -0.39 is 0 Å². The Morgan fingerprint density at radius 1 is 1.35 bits per heavy atom. The van der Waals surface area contributed by atoms with Crippen molar-refractivity contribution < 1.29 is 0 Å². The van der Waals surface area contributed by atoms with Gasteiger partial charge in [-0.05, 0) is 19.3 Å². The summed E-state index contributed by atoms with van der Waals surface area (Å²) in [6.45, 7) is 10.0. The molecule has 0 saturated heterocycles. The first kappa shape index (κ1) is 13.0. The van der Waals surface area contributed by atoms with Gasteiger partial charge in [-0.1, -0.05) is 34.1 Å². The molecule has 1 aliphatic carbocycles. The molecule has 0 unspecified atom stereocenters. The van der Waals surface area contributed by atoms with Gasteiger partial charge in [-0.3, -0.25) is 0 Å². The van der Waals surface area contributed by atoms with Crippen LogP contribution in [0.25, 0.3) is 0 Å². The Morgan fingerprint density at radius 2 is 2.06 bits per heavy atom. The van der Waals surface area contributed by atoms with E-state index in [1.807, 2.05) is 11.3 Å². The second kappa shape index (κ2) is 5.07. The number of aromatic nitrogens is 1. The van der Waals surface area contributed by atoms with Crippen molar-refractivity contribution in [3.8, 4) is 0 Å². The highest BCUT2D eigenvalue weighted by Gasteiger charge is 2.24. The van der Waals surface area contributed by atoms with Crippen LogP contribution in [0.5, 0.6) is 0 Å². The predicted molar refractivity (Wildman–Crippen MR) is 74.7 cm³/mol. The van der Waals surface area contributed by atoms with Crippen molar-refractivity contribution in [2.45, 2.75) is 71.4 Å². The van der Waals surface area contributed by atoms with Gasteiger partial charge in [-0.15, -0.1) is 11.3 Å². The zero-order chi connectivity index (χ0) is 12.5. The molecule has 0 spiro atoms. The van der Waals surface area contributed by atoms with Gasteiger partial charge >= 0.3 is 0 Å². The number of nitrogens with one attached hydrogen (secondary N) is 1. The molecule has 1 aliphatic rings. The first-order valence-electron chi connectivity index (χ1n) is 6.73. The van der Waals surface area contributed by atoms with Crippen LogP contribution >= 0.6 is 11.3 Å². The van der Waals surface area contributed by atoms with Crippen LogP contribution in [0.3, 0.4) is 0 Å². The fourth-order valence-corrected chi connectivity index (χ4v) is 2.92. The number of nitrogens with zero attached hydrogens (tertiary/aromatic N) is 1. The van der Waals surface area contributed by atoms with Crippen molar-refractivity contribution in [3.05, 3.63) is 15.6 Å². The minimum Gasteiger partial charge on any atom is -0.309 e. The van der Waals surface area contributed by atoms with Crippen molar-refractivity contribution in [1.29, 1.82) is 0 Å². The van der Waals surface area contributed by atoms with E-state index in [4.69, 9.17) is 4.98 Å². The monoisotopic (exact) mass is 252 g/mol. The summed E-state index contributed by atoms with van der Waals surface area (Å²) in [5.41, 5.74) is 1.51. The lowest BCUT2D eigenvalue weighted by Gasteiger charge is -2.13. The average molecular weight is 252 g/mol. The maximum atomic E-state index is 4.85. The molecule has 1 aromatic heterocycles. The minimum atomic E-state index is 0.186. The first-order valence-corrected chi connectivity index (χ1v) is 7.54. The van der Waals surface area contributed by atoms with E-state index in [-0.39, 0.29) is 5.41 Å². The normalized spacial score (nSPS) is 16.5. The van der Waals surface area contributed by atoms with E-state index in [1.165, 1.54) is 34.8 Å². The molecule has 0 aromatic carbocycles. The van der Waals surface area contributed by atoms with E-state index in [0.29, 0.717) is 0 Å². The number of rotatable bonds is 5. The molecule has 1 fully saturated rings. The third kappa shape index (κ3) is 3.52. The highest BCUT2D eigenvalue weighted by Crippen LogP contribution is 2.30. The zero-order valence-corrected chi connectivity index (χ0v) is 12.3. The third-order valence-electron chi connectivity index (χ3n) is 3.04. The Bertz CT molecular complexity index is 372. The van der Waals surface area contributed by atoms with E-state index in [1.54, 1.807) is 0 Å². The molecule has 0 radical (unpaired) electrons. The summed E-state index contributed by atoms with van der Waals surface area (Å²) in [7, 11) is 0. The molecule has 0 aliphatic heterocycles. The van der Waals surface area contributed by atoms with Gasteiger partial charge in [-0.2, -0.15) is 0 Å². The van der Waals surface area contributed by atoms with Crippen molar-refractivity contribution in [1.82, 2.24) is 10.3 Å². The standard InChI is InChI=1S/C14H24N2S/c1-5-6-11-12(9-15-10-7-8-10)17-13(16-11)14(2,3)4/h10,15H,5-9H2,1-4H3. The van der Waals surface area contributed by atoms with Gasteiger partial charge in [0.05, 0.1) is 10.7 Å². The van der Waals surface area contributed by atoms with Crippen molar-refractivity contribution in [2.75, 3.05) is 0 Å². The van der Waals surface area contributed by atoms with Gasteiger partial charge in [0, 0.05) is 22.9 Å². The second-order valence-corrected chi connectivity index (χ2v) is 7.13. The van der Waals surface area contributed by atoms with Crippen LogP contribution in [-0.4, -0.2) is 11.0 Å². The molecule has 17 heavy (non-hydrogen) atoms. The van der Waals surface area contributed by atoms with Crippen LogP contribution in [0.4, 0.5) is 0 Å². The molecule has 0 amide bonds. The van der Waals surface area contributed by atoms with Crippen LogP contribution in [0.2, 0.25) is 0 Å². The highest BCUT2D eigenvalue weighted by atomic mass is 32.1. The summed E-state index contributed by atoms with van der Waals surface area (Å²) in [5, 5.41) is 4.89. The predicted octanol–water partition coefficient (Wildman–Crippen LogP) is 3.65. The smallest absolute Gasteiger partial charge is 0.0985 e. The summed E-state index contributed by atoms with van der Waals surface area (Å²) >= 11 is 1.90. The number of hydrogen-bond donors (Lipinski definition) is 1. The third-order valence-corrected chi connectivity index (χ3v) is 4.56. The van der Waals surface area contributed by atoms with Crippen LogP contribution in [0.15, 0.2) is 0 Å². The molecule has 3 heteroatoms. The zero-order valence-electron chi connectivity index (χ0n) is 11.5. The Balaban J connectivity index is 2.11. The molecular weight excluding hydrogens is 228 g/mol. The molecule has 0 atom stereocenters. The quantitative estimate of drug-likeness (QED) is 0.865. The van der Waals surface area contributed by atoms with Gasteiger partial charge in [0.25, 0.3) is 0 Å². The molecule has 1 saturated carbocycles. The summed E-state index contributed by atoms with van der Waals surface area (Å²) in [6, 6.07) is 0.782. The lowest BCUT2D eigenvalue weighted by atomic mass is 9.98. The lowest BCUT2D eigenvalue weighted by Crippen LogP contribution is -2.15. The fraction of sp³-hybridized carbons (Fsp3) is 0.786. The molecule has 96 valence electrons. The van der Waals surface area contributed by atoms with E-state index >= 15 is 0 Å². The average Bonchev–Trinajstić information content (AvgIpc) is 2.97. The van der Waals surface area contributed by atoms with Crippen LogP contribution in [0, 0.1) is 0 Å². The fourth-order valence-electron chi connectivity index (χ4n) is 1.80. The number of aryl methyl sites for hydroxylation is 1.